The minimum Gasteiger partial charge on any atom is -0.311 e. The number of nitrogens with one attached hydrogen (secondary N) is 1. The van der Waals surface area contributed by atoms with Crippen LogP contribution < -0.4 is 5.32 Å². The zero-order valence-corrected chi connectivity index (χ0v) is 9.68. The maximum absolute atomic E-state index is 4.53. The molecule has 0 unspecified atom stereocenters. The molecule has 1 aliphatic rings. The average Bonchev–Trinajstić information content (AvgIpc) is 2.85. The van der Waals surface area contributed by atoms with E-state index in [0.29, 0.717) is 0 Å². The fourth-order valence-electron chi connectivity index (χ4n) is 1.87. The largest absolute Gasteiger partial charge is 0.311 e. The normalized spacial score (nSPS) is 16.3. The monoisotopic (exact) mass is 221 g/mol. The second-order valence-electron chi connectivity index (χ2n) is 4.27. The van der Waals surface area contributed by atoms with Gasteiger partial charge in [0.25, 0.3) is 0 Å². The first kappa shape index (κ1) is 9.36. The van der Waals surface area contributed by atoms with Gasteiger partial charge in [-0.25, -0.2) is 4.98 Å². The van der Waals surface area contributed by atoms with Gasteiger partial charge in [-0.2, -0.15) is 0 Å². The number of hydrogen-bond acceptors (Lipinski definition) is 3. The summed E-state index contributed by atoms with van der Waals surface area (Å²) in [6.45, 7) is 4.20. The molecular weight excluding hydrogens is 206 g/mol. The van der Waals surface area contributed by atoms with Crippen molar-refractivity contribution >= 4 is 16.3 Å². The first-order chi connectivity index (χ1) is 7.34. The van der Waals surface area contributed by atoms with Crippen molar-refractivity contribution in [2.45, 2.75) is 26.3 Å². The second kappa shape index (κ2) is 3.61. The van der Waals surface area contributed by atoms with Gasteiger partial charge in [0.05, 0.1) is 11.4 Å². The minimum atomic E-state index is 0.941. The van der Waals surface area contributed by atoms with Crippen molar-refractivity contribution in [3.05, 3.63) is 23.0 Å². The van der Waals surface area contributed by atoms with Crippen molar-refractivity contribution in [3.8, 4) is 0 Å². The van der Waals surface area contributed by atoms with Crippen LogP contribution in [0, 0.1) is 12.8 Å². The maximum atomic E-state index is 4.53. The van der Waals surface area contributed by atoms with Crippen LogP contribution >= 0.6 is 11.3 Å². The van der Waals surface area contributed by atoms with Gasteiger partial charge < -0.3 is 5.32 Å². The number of fused-ring (bicyclic) bond motifs is 1. The van der Waals surface area contributed by atoms with E-state index in [1.807, 2.05) is 0 Å². The van der Waals surface area contributed by atoms with E-state index in [9.17, 15) is 0 Å². The molecule has 0 saturated heterocycles. The highest BCUT2D eigenvalue weighted by Gasteiger charge is 2.20. The van der Waals surface area contributed by atoms with E-state index in [1.165, 1.54) is 18.5 Å². The molecule has 3 nitrogen and oxygen atoms in total. The Morgan fingerprint density at radius 1 is 1.60 bits per heavy atom. The number of imidazole rings is 1. The summed E-state index contributed by atoms with van der Waals surface area (Å²) in [5.74, 6) is 0.941. The third-order valence-electron chi connectivity index (χ3n) is 2.98. The van der Waals surface area contributed by atoms with Crippen LogP contribution in [0.2, 0.25) is 0 Å². The Balaban J connectivity index is 1.75. The Kier molecular flexibility index (Phi) is 2.25. The van der Waals surface area contributed by atoms with Crippen LogP contribution in [-0.2, 0) is 6.54 Å². The van der Waals surface area contributed by atoms with Crippen LogP contribution in [0.1, 0.15) is 24.2 Å². The summed E-state index contributed by atoms with van der Waals surface area (Å²) in [6.07, 6.45) is 4.92. The van der Waals surface area contributed by atoms with Crippen molar-refractivity contribution in [3.63, 3.8) is 0 Å². The van der Waals surface area contributed by atoms with Gasteiger partial charge in [-0.05, 0) is 32.2 Å². The zero-order chi connectivity index (χ0) is 10.3. The van der Waals surface area contributed by atoms with Gasteiger partial charge in [0.15, 0.2) is 4.96 Å². The summed E-state index contributed by atoms with van der Waals surface area (Å²) < 4.78 is 2.19. The molecule has 2 aromatic rings. The van der Waals surface area contributed by atoms with Crippen LogP contribution in [0.15, 0.2) is 11.6 Å². The van der Waals surface area contributed by atoms with Gasteiger partial charge in [-0.1, -0.05) is 0 Å². The van der Waals surface area contributed by atoms with E-state index in [2.05, 4.69) is 33.2 Å². The molecule has 4 heteroatoms. The van der Waals surface area contributed by atoms with E-state index in [1.54, 1.807) is 11.3 Å². The molecule has 1 saturated carbocycles. The van der Waals surface area contributed by atoms with Gasteiger partial charge in [-0.3, -0.25) is 4.40 Å². The first-order valence-electron chi connectivity index (χ1n) is 5.46. The molecule has 15 heavy (non-hydrogen) atoms. The van der Waals surface area contributed by atoms with Crippen LogP contribution in [0.5, 0.6) is 0 Å². The highest BCUT2D eigenvalue weighted by atomic mass is 32.1. The lowest BCUT2D eigenvalue weighted by Gasteiger charge is -2.03. The topological polar surface area (TPSA) is 29.3 Å². The maximum Gasteiger partial charge on any atom is 0.194 e. The molecule has 0 aliphatic heterocycles. The Bertz CT molecular complexity index is 467. The van der Waals surface area contributed by atoms with E-state index in [0.717, 1.165) is 29.7 Å². The van der Waals surface area contributed by atoms with E-state index in [4.69, 9.17) is 0 Å². The fourth-order valence-corrected chi connectivity index (χ4v) is 2.65. The first-order valence-corrected chi connectivity index (χ1v) is 6.34. The van der Waals surface area contributed by atoms with Crippen molar-refractivity contribution in [1.82, 2.24) is 14.7 Å². The Morgan fingerprint density at radius 2 is 2.47 bits per heavy atom. The summed E-state index contributed by atoms with van der Waals surface area (Å²) >= 11 is 1.70. The predicted octanol–water partition coefficient (Wildman–Crippen LogP) is 2.20. The fraction of sp³-hybridized carbons (Fsp3) is 0.545. The van der Waals surface area contributed by atoms with Gasteiger partial charge in [0, 0.05) is 18.1 Å². The molecule has 80 valence electrons. The number of aryl methyl sites for hydroxylation is 1. The van der Waals surface area contributed by atoms with E-state index in [-0.39, 0.29) is 0 Å². The van der Waals surface area contributed by atoms with Gasteiger partial charge in [-0.15, -0.1) is 11.3 Å². The predicted molar refractivity (Wildman–Crippen MR) is 62.2 cm³/mol. The van der Waals surface area contributed by atoms with Gasteiger partial charge >= 0.3 is 0 Å². The molecule has 2 heterocycles. The highest BCUT2D eigenvalue weighted by Crippen LogP contribution is 2.27. The third-order valence-corrected chi connectivity index (χ3v) is 3.74. The third kappa shape index (κ3) is 1.79. The molecule has 0 amide bonds. The van der Waals surface area contributed by atoms with E-state index < -0.39 is 0 Å². The molecule has 3 rings (SSSR count). The molecule has 0 bridgehead atoms. The van der Waals surface area contributed by atoms with Crippen molar-refractivity contribution in [2.24, 2.45) is 5.92 Å². The number of thiazole rings is 1. The van der Waals surface area contributed by atoms with Crippen molar-refractivity contribution in [1.29, 1.82) is 0 Å². The van der Waals surface area contributed by atoms with Crippen LogP contribution in [0.25, 0.3) is 4.96 Å². The lowest BCUT2D eigenvalue weighted by molar-refractivity contribution is 0.626. The molecular formula is C11H15N3S. The summed E-state index contributed by atoms with van der Waals surface area (Å²) in [5, 5.41) is 5.61. The molecule has 0 spiro atoms. The van der Waals surface area contributed by atoms with Crippen LogP contribution in [-0.4, -0.2) is 15.9 Å². The molecule has 1 N–H and O–H groups in total. The van der Waals surface area contributed by atoms with Crippen molar-refractivity contribution in [2.75, 3.05) is 6.54 Å². The standard InChI is InChI=1S/C11H15N3S/c1-8-10(7-12-6-9-2-3-9)14-4-5-15-11(14)13-8/h4-5,9,12H,2-3,6-7H2,1H3. The summed E-state index contributed by atoms with van der Waals surface area (Å²) in [5.41, 5.74) is 2.47. The summed E-state index contributed by atoms with van der Waals surface area (Å²) in [7, 11) is 0. The van der Waals surface area contributed by atoms with E-state index >= 15 is 0 Å². The number of nitrogens with zero attached hydrogens (tertiary/aromatic N) is 2. The Hall–Kier alpha value is -0.870. The van der Waals surface area contributed by atoms with Gasteiger partial charge in [0.2, 0.25) is 0 Å². The SMILES string of the molecule is Cc1nc2sccn2c1CNCC1CC1. The molecule has 0 radical (unpaired) electrons. The minimum absolute atomic E-state index is 0.941. The Morgan fingerprint density at radius 3 is 3.27 bits per heavy atom. The lowest BCUT2D eigenvalue weighted by Crippen LogP contribution is -2.17. The molecule has 0 atom stereocenters. The molecule has 2 aromatic heterocycles. The number of rotatable bonds is 4. The second-order valence-corrected chi connectivity index (χ2v) is 5.15. The molecule has 0 aromatic carbocycles. The van der Waals surface area contributed by atoms with Crippen LogP contribution in [0.4, 0.5) is 0 Å². The van der Waals surface area contributed by atoms with Crippen LogP contribution in [0.3, 0.4) is 0 Å². The number of aromatic nitrogens is 2. The molecule has 1 fully saturated rings. The summed E-state index contributed by atoms with van der Waals surface area (Å²) in [6, 6.07) is 0. The lowest BCUT2D eigenvalue weighted by atomic mass is 10.3. The Labute approximate surface area is 93.1 Å². The zero-order valence-electron chi connectivity index (χ0n) is 8.86. The summed E-state index contributed by atoms with van der Waals surface area (Å²) in [4.78, 5) is 5.64. The highest BCUT2D eigenvalue weighted by molar-refractivity contribution is 7.15. The van der Waals surface area contributed by atoms with Gasteiger partial charge in [0.1, 0.15) is 0 Å². The number of hydrogen-bond donors (Lipinski definition) is 1. The molecule has 1 aliphatic carbocycles. The quantitative estimate of drug-likeness (QED) is 0.857. The average molecular weight is 221 g/mol. The van der Waals surface area contributed by atoms with Crippen molar-refractivity contribution < 1.29 is 0 Å². The smallest absolute Gasteiger partial charge is 0.194 e.